The van der Waals surface area contributed by atoms with Crippen molar-refractivity contribution in [3.05, 3.63) is 17.7 Å². The van der Waals surface area contributed by atoms with Crippen LogP contribution in [-0.2, 0) is 0 Å². The maximum Gasteiger partial charge on any atom is 0.354 e. The predicted molar refractivity (Wildman–Crippen MR) is 69.0 cm³/mol. The molecule has 0 spiro atoms. The van der Waals surface area contributed by atoms with Crippen molar-refractivity contribution >= 4 is 11.9 Å². The fourth-order valence-corrected chi connectivity index (χ4v) is 2.42. The van der Waals surface area contributed by atoms with Crippen molar-refractivity contribution in [1.29, 1.82) is 0 Å². The fourth-order valence-electron chi connectivity index (χ4n) is 2.42. The number of carbonyl (C=O) groups excluding carboxylic acids is 1. The molecule has 1 saturated heterocycles. The summed E-state index contributed by atoms with van der Waals surface area (Å²) in [4.78, 5) is 31.3. The van der Waals surface area contributed by atoms with Gasteiger partial charge in [-0.1, -0.05) is 20.8 Å². The molecule has 2 rings (SSSR count). The number of imidazole rings is 1. The van der Waals surface area contributed by atoms with Crippen LogP contribution < -0.4 is 0 Å². The van der Waals surface area contributed by atoms with E-state index in [0.717, 1.165) is 6.42 Å². The SMILES string of the molecule is CC(C)(C)C1CCN(C(=O)c2nc[nH]c2C(=O)O)C1. The molecule has 1 unspecified atom stereocenters. The van der Waals surface area contributed by atoms with Gasteiger partial charge in [-0.2, -0.15) is 0 Å². The molecule has 0 aromatic carbocycles. The molecule has 1 aliphatic rings. The largest absolute Gasteiger partial charge is 0.477 e. The van der Waals surface area contributed by atoms with Crippen molar-refractivity contribution in [3.63, 3.8) is 0 Å². The van der Waals surface area contributed by atoms with Crippen LogP contribution in [0.25, 0.3) is 0 Å². The molecule has 0 saturated carbocycles. The molecule has 6 nitrogen and oxygen atoms in total. The Labute approximate surface area is 111 Å². The molecule has 1 aliphatic heterocycles. The Bertz CT molecular complexity index is 501. The van der Waals surface area contributed by atoms with E-state index in [4.69, 9.17) is 5.11 Å². The highest BCUT2D eigenvalue weighted by Gasteiger charge is 2.35. The number of aromatic carboxylic acids is 1. The summed E-state index contributed by atoms with van der Waals surface area (Å²) in [5.74, 6) is -1.03. The number of aromatic amines is 1. The van der Waals surface area contributed by atoms with Crippen molar-refractivity contribution in [2.45, 2.75) is 27.2 Å². The van der Waals surface area contributed by atoms with Gasteiger partial charge in [-0.05, 0) is 17.8 Å². The highest BCUT2D eigenvalue weighted by atomic mass is 16.4. The number of H-pyrrole nitrogens is 1. The Kier molecular flexibility index (Phi) is 3.34. The number of carbonyl (C=O) groups is 2. The van der Waals surface area contributed by atoms with Crippen LogP contribution in [0.2, 0.25) is 0 Å². The van der Waals surface area contributed by atoms with Gasteiger partial charge in [0.2, 0.25) is 0 Å². The van der Waals surface area contributed by atoms with E-state index < -0.39 is 5.97 Å². The van der Waals surface area contributed by atoms with E-state index in [0.29, 0.717) is 19.0 Å². The predicted octanol–water partition coefficient (Wildman–Crippen LogP) is 1.62. The summed E-state index contributed by atoms with van der Waals surface area (Å²) in [5.41, 5.74) is 0.0160. The van der Waals surface area contributed by atoms with Crippen molar-refractivity contribution in [3.8, 4) is 0 Å². The van der Waals surface area contributed by atoms with Crippen molar-refractivity contribution in [1.82, 2.24) is 14.9 Å². The lowest BCUT2D eigenvalue weighted by molar-refractivity contribution is 0.0672. The van der Waals surface area contributed by atoms with Crippen LogP contribution in [0.15, 0.2) is 6.33 Å². The summed E-state index contributed by atoms with van der Waals surface area (Å²) in [5, 5.41) is 8.99. The molecule has 6 heteroatoms. The molecule has 104 valence electrons. The lowest BCUT2D eigenvalue weighted by Crippen LogP contribution is -2.32. The second-order valence-corrected chi connectivity index (χ2v) is 6.03. The second kappa shape index (κ2) is 4.68. The first-order chi connectivity index (χ1) is 8.80. The average Bonchev–Trinajstić information content (AvgIpc) is 2.96. The Morgan fingerprint density at radius 3 is 2.68 bits per heavy atom. The molecular weight excluding hydrogens is 246 g/mol. The van der Waals surface area contributed by atoms with Gasteiger partial charge in [0, 0.05) is 13.1 Å². The standard InChI is InChI=1S/C13H19N3O3/c1-13(2,3)8-4-5-16(6-8)11(17)9-10(12(18)19)15-7-14-9/h7-8H,4-6H2,1-3H3,(H,14,15)(H,18,19). The zero-order chi connectivity index (χ0) is 14.2. The smallest absolute Gasteiger partial charge is 0.354 e. The number of nitrogens with one attached hydrogen (secondary N) is 1. The number of amides is 1. The van der Waals surface area contributed by atoms with Gasteiger partial charge < -0.3 is 15.0 Å². The third kappa shape index (κ3) is 2.62. The van der Waals surface area contributed by atoms with Crippen LogP contribution in [0, 0.1) is 11.3 Å². The van der Waals surface area contributed by atoms with Crippen LogP contribution >= 0.6 is 0 Å². The summed E-state index contributed by atoms with van der Waals surface area (Å²) >= 11 is 0. The van der Waals surface area contributed by atoms with Gasteiger partial charge in [-0.3, -0.25) is 4.79 Å². The molecule has 0 radical (unpaired) electrons. The first-order valence-electron chi connectivity index (χ1n) is 6.36. The molecule has 1 aromatic heterocycles. The minimum Gasteiger partial charge on any atom is -0.477 e. The normalized spacial score (nSPS) is 19.7. The van der Waals surface area contributed by atoms with Crippen molar-refractivity contribution in [2.24, 2.45) is 11.3 Å². The first-order valence-corrected chi connectivity index (χ1v) is 6.36. The number of likely N-dealkylation sites (tertiary alicyclic amines) is 1. The third-order valence-corrected chi connectivity index (χ3v) is 3.76. The second-order valence-electron chi connectivity index (χ2n) is 6.03. The van der Waals surface area contributed by atoms with Crippen LogP contribution in [-0.4, -0.2) is 44.9 Å². The zero-order valence-corrected chi connectivity index (χ0v) is 11.4. The number of aromatic nitrogens is 2. The molecule has 0 aliphatic carbocycles. The summed E-state index contributed by atoms with van der Waals surface area (Å²) in [6, 6.07) is 0. The molecule has 19 heavy (non-hydrogen) atoms. The molecule has 1 aromatic rings. The van der Waals surface area contributed by atoms with E-state index in [2.05, 4.69) is 30.7 Å². The Hall–Kier alpha value is -1.85. The third-order valence-electron chi connectivity index (χ3n) is 3.76. The van der Waals surface area contributed by atoms with Crippen LogP contribution in [0.3, 0.4) is 0 Å². The van der Waals surface area contributed by atoms with Gasteiger partial charge >= 0.3 is 5.97 Å². The topological polar surface area (TPSA) is 86.3 Å². The van der Waals surface area contributed by atoms with Crippen molar-refractivity contribution in [2.75, 3.05) is 13.1 Å². The monoisotopic (exact) mass is 265 g/mol. The minimum absolute atomic E-state index is 0.00191. The maximum atomic E-state index is 12.3. The average molecular weight is 265 g/mol. The summed E-state index contributed by atoms with van der Waals surface area (Å²) in [6.07, 6.45) is 2.19. The number of carboxylic acid groups (broad SMARTS) is 1. The van der Waals surface area contributed by atoms with Crippen LogP contribution in [0.1, 0.15) is 48.2 Å². The van der Waals surface area contributed by atoms with E-state index in [1.807, 2.05) is 0 Å². The molecule has 0 bridgehead atoms. The number of hydrogen-bond donors (Lipinski definition) is 2. The lowest BCUT2D eigenvalue weighted by Gasteiger charge is -2.26. The minimum atomic E-state index is -1.16. The molecule has 2 heterocycles. The Morgan fingerprint density at radius 2 is 2.16 bits per heavy atom. The molecule has 2 N–H and O–H groups in total. The van der Waals surface area contributed by atoms with Gasteiger partial charge in [-0.15, -0.1) is 0 Å². The van der Waals surface area contributed by atoms with E-state index in [1.54, 1.807) is 4.90 Å². The van der Waals surface area contributed by atoms with Crippen LogP contribution in [0.4, 0.5) is 0 Å². The Morgan fingerprint density at radius 1 is 1.47 bits per heavy atom. The van der Waals surface area contributed by atoms with Gasteiger partial charge in [0.25, 0.3) is 5.91 Å². The van der Waals surface area contributed by atoms with Gasteiger partial charge in [0.1, 0.15) is 0 Å². The molecule has 1 fully saturated rings. The number of carboxylic acids is 1. The van der Waals surface area contributed by atoms with Crippen molar-refractivity contribution < 1.29 is 14.7 Å². The van der Waals surface area contributed by atoms with Gasteiger partial charge in [0.05, 0.1) is 6.33 Å². The highest BCUT2D eigenvalue weighted by Crippen LogP contribution is 2.34. The zero-order valence-electron chi connectivity index (χ0n) is 11.4. The number of rotatable bonds is 2. The number of hydrogen-bond acceptors (Lipinski definition) is 3. The maximum absolute atomic E-state index is 12.3. The van der Waals surface area contributed by atoms with E-state index in [-0.39, 0.29) is 22.7 Å². The molecular formula is C13H19N3O3. The lowest BCUT2D eigenvalue weighted by atomic mass is 9.80. The summed E-state index contributed by atoms with van der Waals surface area (Å²) < 4.78 is 0. The van der Waals surface area contributed by atoms with Gasteiger partial charge in [0.15, 0.2) is 11.4 Å². The first kappa shape index (κ1) is 13.6. The van der Waals surface area contributed by atoms with Gasteiger partial charge in [-0.25, -0.2) is 9.78 Å². The van der Waals surface area contributed by atoms with E-state index in [1.165, 1.54) is 6.33 Å². The Balaban J connectivity index is 2.14. The number of nitrogens with zero attached hydrogens (tertiary/aromatic N) is 2. The molecule has 1 amide bonds. The molecule has 1 atom stereocenters. The highest BCUT2D eigenvalue weighted by molar-refractivity contribution is 6.02. The fraction of sp³-hybridized carbons (Fsp3) is 0.615. The van der Waals surface area contributed by atoms with Crippen LogP contribution in [0.5, 0.6) is 0 Å². The summed E-state index contributed by atoms with van der Waals surface area (Å²) in [7, 11) is 0. The van der Waals surface area contributed by atoms with E-state index in [9.17, 15) is 9.59 Å². The summed E-state index contributed by atoms with van der Waals surface area (Å²) in [6.45, 7) is 7.79. The quantitative estimate of drug-likeness (QED) is 0.850. The van der Waals surface area contributed by atoms with E-state index >= 15 is 0 Å².